The Bertz CT molecular complexity index is 582. The normalized spacial score (nSPS) is 14.2. The molecule has 0 unspecified atom stereocenters. The molecule has 7 nitrogen and oxygen atoms in total. The average molecular weight is 307 g/mol. The lowest BCUT2D eigenvalue weighted by atomic mass is 10.3. The van der Waals surface area contributed by atoms with Crippen LogP contribution in [0.15, 0.2) is 0 Å². The van der Waals surface area contributed by atoms with Crippen LogP contribution in [0.25, 0.3) is 0 Å². The van der Waals surface area contributed by atoms with Crippen molar-refractivity contribution in [3.8, 4) is 0 Å². The zero-order chi connectivity index (χ0) is 15.8. The van der Waals surface area contributed by atoms with E-state index in [1.54, 1.807) is 6.92 Å². The summed E-state index contributed by atoms with van der Waals surface area (Å²) < 4.78 is 44.4. The third-order valence-electron chi connectivity index (χ3n) is 2.96. The fraction of sp³-hybridized carbons (Fsp3) is 0.545. The van der Waals surface area contributed by atoms with E-state index in [1.807, 2.05) is 0 Å². The second-order valence-electron chi connectivity index (χ2n) is 4.29. The van der Waals surface area contributed by atoms with E-state index in [1.165, 1.54) is 0 Å². The molecule has 0 radical (unpaired) electrons. The van der Waals surface area contributed by atoms with Crippen molar-refractivity contribution in [2.75, 3.05) is 18.1 Å². The quantitative estimate of drug-likeness (QED) is 0.856. The second kappa shape index (κ2) is 5.26. The van der Waals surface area contributed by atoms with Crippen LogP contribution in [0.3, 0.4) is 0 Å². The van der Waals surface area contributed by atoms with Crippen LogP contribution in [-0.4, -0.2) is 40.1 Å². The second-order valence-corrected chi connectivity index (χ2v) is 4.29. The van der Waals surface area contributed by atoms with E-state index in [2.05, 4.69) is 9.84 Å². The number of rotatable bonds is 3. The van der Waals surface area contributed by atoms with Crippen LogP contribution < -0.4 is 4.90 Å². The smallest absolute Gasteiger partial charge is 0.437 e. The summed E-state index contributed by atoms with van der Waals surface area (Å²) in [5.41, 5.74) is -1.74. The monoisotopic (exact) mass is 307 g/mol. The maximum absolute atomic E-state index is 13.0. The van der Waals surface area contributed by atoms with Gasteiger partial charge >= 0.3 is 18.2 Å². The molecule has 0 aliphatic carbocycles. The number of fused-ring (bicyclic) bond motifs is 1. The summed E-state index contributed by atoms with van der Waals surface area (Å²) in [5, 5.41) is 12.3. The minimum Gasteiger partial charge on any atom is -0.465 e. The summed E-state index contributed by atoms with van der Waals surface area (Å²) in [5.74, 6) is -0.731. The molecular formula is C11H12F3N3O4. The number of hydrogen-bond donors (Lipinski definition) is 1. The van der Waals surface area contributed by atoms with Gasteiger partial charge in [0.15, 0.2) is 5.69 Å². The Morgan fingerprint density at radius 1 is 1.43 bits per heavy atom. The van der Waals surface area contributed by atoms with Gasteiger partial charge in [0.05, 0.1) is 12.3 Å². The molecule has 0 saturated heterocycles. The van der Waals surface area contributed by atoms with Crippen molar-refractivity contribution in [1.82, 2.24) is 9.78 Å². The molecule has 1 N–H and O–H groups in total. The Kier molecular flexibility index (Phi) is 3.79. The lowest BCUT2D eigenvalue weighted by Crippen LogP contribution is -2.29. The Hall–Kier alpha value is -2.26. The summed E-state index contributed by atoms with van der Waals surface area (Å²) >= 11 is 0. The molecule has 116 valence electrons. The lowest BCUT2D eigenvalue weighted by molar-refractivity contribution is -0.145. The summed E-state index contributed by atoms with van der Waals surface area (Å²) in [6.07, 6.45) is -6.23. The summed E-state index contributed by atoms with van der Waals surface area (Å²) in [7, 11) is 0. The number of ether oxygens (including phenoxy) is 1. The highest BCUT2D eigenvalue weighted by Crippen LogP contribution is 2.41. The van der Waals surface area contributed by atoms with E-state index < -0.39 is 36.2 Å². The molecule has 0 saturated carbocycles. The fourth-order valence-corrected chi connectivity index (χ4v) is 2.19. The van der Waals surface area contributed by atoms with Gasteiger partial charge in [-0.1, -0.05) is 0 Å². The largest absolute Gasteiger partial charge is 0.465 e. The van der Waals surface area contributed by atoms with E-state index in [0.29, 0.717) is 4.90 Å². The summed E-state index contributed by atoms with van der Waals surface area (Å²) in [6, 6.07) is 0. The van der Waals surface area contributed by atoms with Crippen molar-refractivity contribution in [2.24, 2.45) is 0 Å². The molecule has 21 heavy (non-hydrogen) atoms. The highest BCUT2D eigenvalue weighted by Gasteiger charge is 2.44. The molecule has 0 bridgehead atoms. The molecule has 0 aromatic carbocycles. The van der Waals surface area contributed by atoms with Gasteiger partial charge in [0.2, 0.25) is 0 Å². The van der Waals surface area contributed by atoms with Gasteiger partial charge in [-0.05, 0) is 6.92 Å². The molecule has 0 spiro atoms. The topological polar surface area (TPSA) is 84.7 Å². The van der Waals surface area contributed by atoms with Crippen molar-refractivity contribution in [3.63, 3.8) is 0 Å². The minimum absolute atomic E-state index is 0.0596. The van der Waals surface area contributed by atoms with Crippen LogP contribution >= 0.6 is 0 Å². The van der Waals surface area contributed by atoms with Crippen molar-refractivity contribution in [3.05, 3.63) is 11.4 Å². The van der Waals surface area contributed by atoms with Gasteiger partial charge in [-0.2, -0.15) is 18.3 Å². The van der Waals surface area contributed by atoms with Crippen LogP contribution in [0.5, 0.6) is 0 Å². The standard InChI is InChI=1S/C11H12F3N3O4/c1-2-21-7(18)5-17-6-3-4-16(10(19)20)8(6)9(15-17)11(12,13)14/h2-5H2,1H3,(H,19,20). The number of amides is 1. The minimum atomic E-state index is -4.80. The first-order valence-corrected chi connectivity index (χ1v) is 6.08. The molecular weight excluding hydrogens is 295 g/mol. The number of anilines is 1. The first-order valence-electron chi connectivity index (χ1n) is 6.08. The van der Waals surface area contributed by atoms with E-state index in [4.69, 9.17) is 5.11 Å². The number of alkyl halides is 3. The SMILES string of the molecule is CCOC(=O)Cn1nc(C(F)(F)F)c2c1CCN2C(=O)O. The van der Waals surface area contributed by atoms with E-state index in [9.17, 15) is 22.8 Å². The van der Waals surface area contributed by atoms with Gasteiger partial charge in [0, 0.05) is 13.0 Å². The van der Waals surface area contributed by atoms with Gasteiger partial charge in [-0.15, -0.1) is 0 Å². The number of carboxylic acid groups (broad SMARTS) is 1. The van der Waals surface area contributed by atoms with E-state index >= 15 is 0 Å². The Morgan fingerprint density at radius 2 is 2.10 bits per heavy atom. The molecule has 1 aromatic rings. The van der Waals surface area contributed by atoms with Crippen LogP contribution in [0.4, 0.5) is 23.7 Å². The number of nitrogens with zero attached hydrogens (tertiary/aromatic N) is 3. The van der Waals surface area contributed by atoms with Gasteiger partial charge < -0.3 is 9.84 Å². The predicted molar refractivity (Wildman–Crippen MR) is 62.9 cm³/mol. The van der Waals surface area contributed by atoms with Crippen molar-refractivity contribution in [2.45, 2.75) is 26.1 Å². The van der Waals surface area contributed by atoms with Crippen molar-refractivity contribution in [1.29, 1.82) is 0 Å². The number of hydrogen-bond acceptors (Lipinski definition) is 4. The maximum Gasteiger partial charge on any atom is 0.437 e. The molecule has 2 rings (SSSR count). The summed E-state index contributed by atoms with van der Waals surface area (Å²) in [6.45, 7) is 1.07. The molecule has 1 aliphatic heterocycles. The number of carbonyl (C=O) groups excluding carboxylic acids is 1. The van der Waals surface area contributed by atoms with Gasteiger partial charge in [-0.3, -0.25) is 14.4 Å². The molecule has 10 heteroatoms. The van der Waals surface area contributed by atoms with Gasteiger partial charge in [-0.25, -0.2) is 4.79 Å². The molecule has 0 atom stereocenters. The van der Waals surface area contributed by atoms with Crippen LogP contribution in [-0.2, 0) is 28.7 Å². The molecule has 1 aliphatic rings. The third-order valence-corrected chi connectivity index (χ3v) is 2.96. The van der Waals surface area contributed by atoms with Crippen molar-refractivity contribution < 1.29 is 32.6 Å². The number of aromatic nitrogens is 2. The fourth-order valence-electron chi connectivity index (χ4n) is 2.19. The summed E-state index contributed by atoms with van der Waals surface area (Å²) in [4.78, 5) is 23.0. The van der Waals surface area contributed by atoms with E-state index in [0.717, 1.165) is 4.68 Å². The number of esters is 1. The van der Waals surface area contributed by atoms with Crippen LogP contribution in [0.1, 0.15) is 18.3 Å². The van der Waals surface area contributed by atoms with Gasteiger partial charge in [0.1, 0.15) is 12.2 Å². The first-order chi connectivity index (χ1) is 9.75. The number of halogens is 3. The van der Waals surface area contributed by atoms with Gasteiger partial charge in [0.25, 0.3) is 0 Å². The average Bonchev–Trinajstić information content (AvgIpc) is 2.89. The number of carbonyl (C=O) groups is 2. The third kappa shape index (κ3) is 2.78. The Labute approximate surface area is 116 Å². The Morgan fingerprint density at radius 3 is 2.62 bits per heavy atom. The lowest BCUT2D eigenvalue weighted by Gasteiger charge is -2.13. The van der Waals surface area contributed by atoms with Crippen molar-refractivity contribution >= 4 is 17.7 Å². The molecule has 1 aromatic heterocycles. The predicted octanol–water partition coefficient (Wildman–Crippen LogP) is 1.51. The van der Waals surface area contributed by atoms with Crippen LogP contribution in [0, 0.1) is 0 Å². The molecule has 2 heterocycles. The zero-order valence-electron chi connectivity index (χ0n) is 11.0. The highest BCUT2D eigenvalue weighted by atomic mass is 19.4. The van der Waals surface area contributed by atoms with Crippen LogP contribution in [0.2, 0.25) is 0 Å². The highest BCUT2D eigenvalue weighted by molar-refractivity contribution is 5.89. The zero-order valence-corrected chi connectivity index (χ0v) is 11.0. The Balaban J connectivity index is 2.44. The first kappa shape index (κ1) is 15.1. The molecule has 0 fully saturated rings. The van der Waals surface area contributed by atoms with E-state index in [-0.39, 0.29) is 25.3 Å². The maximum atomic E-state index is 13.0. The molecule has 1 amide bonds.